The van der Waals surface area contributed by atoms with Crippen LogP contribution in [-0.4, -0.2) is 36.5 Å². The lowest BCUT2D eigenvalue weighted by Gasteiger charge is -2.32. The molecule has 1 aliphatic heterocycles. The molecule has 0 spiro atoms. The third kappa shape index (κ3) is 4.71. The van der Waals surface area contributed by atoms with Crippen molar-refractivity contribution in [3.8, 4) is 5.75 Å². The maximum absolute atomic E-state index is 11.5. The summed E-state index contributed by atoms with van der Waals surface area (Å²) in [4.78, 5) is 11.5. The lowest BCUT2D eigenvalue weighted by Crippen LogP contribution is -2.41. The molecule has 1 heterocycles. The number of carboxylic acid groups (broad SMARTS) is 1. The highest BCUT2D eigenvalue weighted by Crippen LogP contribution is 2.36. The van der Waals surface area contributed by atoms with Crippen molar-refractivity contribution in [2.24, 2.45) is 0 Å². The smallest absolute Gasteiger partial charge is 0.495 e. The first-order chi connectivity index (χ1) is 14.0. The number of ether oxygens (including phenoxy) is 1. The van der Waals surface area contributed by atoms with Crippen molar-refractivity contribution in [1.82, 2.24) is 0 Å². The van der Waals surface area contributed by atoms with Crippen LogP contribution in [0.2, 0.25) is 0 Å². The Morgan fingerprint density at radius 1 is 1.03 bits per heavy atom. The second kappa shape index (κ2) is 8.44. The first-order valence-electron chi connectivity index (χ1n) is 10.4. The molecule has 1 fully saturated rings. The molecule has 0 bridgehead atoms. The molecule has 0 atom stereocenters. The predicted octanol–water partition coefficient (Wildman–Crippen LogP) is 4.18. The fourth-order valence-electron chi connectivity index (χ4n) is 3.71. The monoisotopic (exact) mass is 410 g/mol. The van der Waals surface area contributed by atoms with E-state index in [0.717, 1.165) is 36.0 Å². The molecule has 0 saturated carbocycles. The van der Waals surface area contributed by atoms with Gasteiger partial charge in [-0.15, -0.1) is 0 Å². The van der Waals surface area contributed by atoms with E-state index in [4.69, 9.17) is 14.0 Å². The van der Waals surface area contributed by atoms with E-state index in [1.165, 1.54) is 11.1 Å². The van der Waals surface area contributed by atoms with Crippen molar-refractivity contribution in [3.05, 3.63) is 58.7 Å². The highest BCUT2D eigenvalue weighted by atomic mass is 16.7. The highest BCUT2D eigenvalue weighted by Gasteiger charge is 2.52. The minimum atomic E-state index is -0.953. The van der Waals surface area contributed by atoms with Gasteiger partial charge in [-0.05, 0) is 100 Å². The molecule has 1 aliphatic rings. The molecule has 2 aromatic carbocycles. The van der Waals surface area contributed by atoms with Crippen LogP contribution in [0.25, 0.3) is 0 Å². The summed E-state index contributed by atoms with van der Waals surface area (Å²) < 4.78 is 17.8. The number of carboxylic acids is 1. The Morgan fingerprint density at radius 2 is 1.70 bits per heavy atom. The first-order valence-corrected chi connectivity index (χ1v) is 10.4. The zero-order valence-electron chi connectivity index (χ0n) is 18.7. The van der Waals surface area contributed by atoms with Gasteiger partial charge < -0.3 is 19.2 Å². The van der Waals surface area contributed by atoms with Gasteiger partial charge in [0, 0.05) is 0 Å². The molecule has 160 valence electrons. The third-order valence-corrected chi connectivity index (χ3v) is 6.16. The molecule has 0 amide bonds. The summed E-state index contributed by atoms with van der Waals surface area (Å²) in [6.07, 6.45) is 2.63. The van der Waals surface area contributed by atoms with E-state index < -0.39 is 24.3 Å². The predicted molar refractivity (Wildman–Crippen MR) is 119 cm³/mol. The molecule has 1 saturated heterocycles. The van der Waals surface area contributed by atoms with E-state index in [9.17, 15) is 9.90 Å². The lowest BCUT2D eigenvalue weighted by atomic mass is 9.74. The summed E-state index contributed by atoms with van der Waals surface area (Å²) in [5.74, 6) is -0.0834. The Kier molecular flexibility index (Phi) is 6.30. The van der Waals surface area contributed by atoms with Gasteiger partial charge in [0.25, 0.3) is 0 Å². The number of carbonyl (C=O) groups is 1. The van der Waals surface area contributed by atoms with Crippen LogP contribution >= 0.6 is 0 Å². The van der Waals surface area contributed by atoms with Crippen LogP contribution in [0.3, 0.4) is 0 Å². The maximum atomic E-state index is 11.5. The quantitative estimate of drug-likeness (QED) is 0.694. The molecule has 1 N–H and O–H groups in total. The van der Waals surface area contributed by atoms with E-state index >= 15 is 0 Å². The van der Waals surface area contributed by atoms with Crippen molar-refractivity contribution >= 4 is 18.6 Å². The normalized spacial score (nSPS) is 17.2. The standard InChI is InChI=1S/C24H31BO5/c1-16-12-17(14-20(13-16)28-6)8-7-9-18-10-11-19(22(26)27)15-21(18)25-29-23(2,3)24(4,5)30-25/h10-15H,7-9H2,1-6H3,(H,26,27). The van der Waals surface area contributed by atoms with Gasteiger partial charge in [-0.1, -0.05) is 12.1 Å². The number of rotatable bonds is 7. The summed E-state index contributed by atoms with van der Waals surface area (Å²) in [7, 11) is 1.10. The molecule has 0 unspecified atom stereocenters. The van der Waals surface area contributed by atoms with E-state index in [-0.39, 0.29) is 5.56 Å². The average Bonchev–Trinajstić information content (AvgIpc) is 2.88. The fourth-order valence-corrected chi connectivity index (χ4v) is 3.71. The molecule has 0 aromatic heterocycles. The molecule has 0 aliphatic carbocycles. The van der Waals surface area contributed by atoms with Crippen LogP contribution in [0, 0.1) is 6.92 Å². The molecule has 0 radical (unpaired) electrons. The van der Waals surface area contributed by atoms with Crippen molar-refractivity contribution in [2.45, 2.75) is 65.1 Å². The van der Waals surface area contributed by atoms with Crippen LogP contribution < -0.4 is 10.2 Å². The molecular formula is C24H31BO5. The molecule has 6 heteroatoms. The summed E-state index contributed by atoms with van der Waals surface area (Å²) in [6.45, 7) is 10.1. The van der Waals surface area contributed by atoms with Gasteiger partial charge in [0.15, 0.2) is 0 Å². The minimum absolute atomic E-state index is 0.242. The van der Waals surface area contributed by atoms with Crippen LogP contribution in [0.5, 0.6) is 5.75 Å². The van der Waals surface area contributed by atoms with Gasteiger partial charge in [0.2, 0.25) is 0 Å². The summed E-state index contributed by atoms with van der Waals surface area (Å²) in [5, 5.41) is 9.45. The maximum Gasteiger partial charge on any atom is 0.495 e. The topological polar surface area (TPSA) is 65.0 Å². The Morgan fingerprint density at radius 3 is 2.30 bits per heavy atom. The largest absolute Gasteiger partial charge is 0.497 e. The van der Waals surface area contributed by atoms with Crippen molar-refractivity contribution < 1.29 is 23.9 Å². The van der Waals surface area contributed by atoms with E-state index in [0.29, 0.717) is 0 Å². The van der Waals surface area contributed by atoms with Crippen molar-refractivity contribution in [2.75, 3.05) is 7.11 Å². The highest BCUT2D eigenvalue weighted by molar-refractivity contribution is 6.62. The number of benzene rings is 2. The van der Waals surface area contributed by atoms with Crippen LogP contribution in [-0.2, 0) is 22.2 Å². The number of hydrogen-bond acceptors (Lipinski definition) is 4. The van der Waals surface area contributed by atoms with Crippen LogP contribution in [0.4, 0.5) is 0 Å². The fraction of sp³-hybridized carbons (Fsp3) is 0.458. The van der Waals surface area contributed by atoms with E-state index in [2.05, 4.69) is 19.1 Å². The van der Waals surface area contributed by atoms with Gasteiger partial charge in [-0.2, -0.15) is 0 Å². The zero-order chi connectivity index (χ0) is 22.1. The second-order valence-electron chi connectivity index (χ2n) is 9.02. The average molecular weight is 410 g/mol. The Bertz CT molecular complexity index is 919. The van der Waals surface area contributed by atoms with E-state index in [1.807, 2.05) is 39.8 Å². The van der Waals surface area contributed by atoms with Gasteiger partial charge in [0.05, 0.1) is 23.9 Å². The molecule has 5 nitrogen and oxygen atoms in total. The van der Waals surface area contributed by atoms with Gasteiger partial charge in [-0.25, -0.2) is 4.79 Å². The lowest BCUT2D eigenvalue weighted by molar-refractivity contribution is 0.00578. The molecule has 3 rings (SSSR count). The second-order valence-corrected chi connectivity index (χ2v) is 9.02. The summed E-state index contributed by atoms with van der Waals surface area (Å²) in [6, 6.07) is 11.5. The molecule has 2 aromatic rings. The Labute approximate surface area is 179 Å². The summed E-state index contributed by atoms with van der Waals surface area (Å²) >= 11 is 0. The first kappa shape index (κ1) is 22.4. The van der Waals surface area contributed by atoms with Gasteiger partial charge >= 0.3 is 13.1 Å². The number of aryl methyl sites for hydroxylation is 3. The number of aromatic carboxylic acids is 1. The molecule has 30 heavy (non-hydrogen) atoms. The minimum Gasteiger partial charge on any atom is -0.497 e. The molecular weight excluding hydrogens is 379 g/mol. The zero-order valence-corrected chi connectivity index (χ0v) is 18.7. The number of hydrogen-bond donors (Lipinski definition) is 1. The summed E-state index contributed by atoms with van der Waals surface area (Å²) in [5.41, 5.74) is 3.54. The van der Waals surface area contributed by atoms with Crippen LogP contribution in [0.1, 0.15) is 61.2 Å². The SMILES string of the molecule is COc1cc(C)cc(CCCc2ccc(C(=O)O)cc2B2OC(C)(C)C(C)(C)O2)c1. The Balaban J connectivity index is 1.81. The van der Waals surface area contributed by atoms with Crippen molar-refractivity contribution in [1.29, 1.82) is 0 Å². The third-order valence-electron chi connectivity index (χ3n) is 6.16. The van der Waals surface area contributed by atoms with Gasteiger partial charge in [0.1, 0.15) is 5.75 Å². The number of methoxy groups -OCH3 is 1. The Hall–Kier alpha value is -2.31. The van der Waals surface area contributed by atoms with E-state index in [1.54, 1.807) is 19.2 Å². The van der Waals surface area contributed by atoms with Crippen LogP contribution in [0.15, 0.2) is 36.4 Å². The van der Waals surface area contributed by atoms with Gasteiger partial charge in [-0.3, -0.25) is 0 Å². The van der Waals surface area contributed by atoms with Crippen molar-refractivity contribution in [3.63, 3.8) is 0 Å².